The van der Waals surface area contributed by atoms with Crippen LogP contribution in [0.3, 0.4) is 0 Å². The van der Waals surface area contributed by atoms with Gasteiger partial charge in [0.15, 0.2) is 0 Å². The minimum Gasteiger partial charge on any atom is -0.376 e. The van der Waals surface area contributed by atoms with Crippen LogP contribution in [-0.4, -0.2) is 69.5 Å². The normalized spacial score (nSPS) is 22.8. The summed E-state index contributed by atoms with van der Waals surface area (Å²) in [6.07, 6.45) is 2.95. The van der Waals surface area contributed by atoms with Gasteiger partial charge in [-0.25, -0.2) is 0 Å². The van der Waals surface area contributed by atoms with E-state index in [0.29, 0.717) is 6.61 Å². The highest BCUT2D eigenvalue weighted by molar-refractivity contribution is 5.94. The summed E-state index contributed by atoms with van der Waals surface area (Å²) in [5.41, 5.74) is 2.01. The third-order valence-corrected chi connectivity index (χ3v) is 5.18. The Morgan fingerprint density at radius 1 is 1.23 bits per heavy atom. The Balaban J connectivity index is 1.44. The summed E-state index contributed by atoms with van der Waals surface area (Å²) in [7, 11) is 2.15. The Hall–Kier alpha value is -1.63. The molecule has 1 aromatic rings. The number of piperazine rings is 1. The summed E-state index contributed by atoms with van der Waals surface area (Å²) in [5, 5.41) is 2.94. The van der Waals surface area contributed by atoms with Crippen LogP contribution in [0, 0.1) is 0 Å². The van der Waals surface area contributed by atoms with Gasteiger partial charge in [0.1, 0.15) is 6.10 Å². The lowest BCUT2D eigenvalue weighted by atomic mass is 10.1. The zero-order chi connectivity index (χ0) is 18.4. The Morgan fingerprint density at radius 3 is 2.62 bits per heavy atom. The van der Waals surface area contributed by atoms with Gasteiger partial charge in [0.25, 0.3) is 5.91 Å². The van der Waals surface area contributed by atoms with Gasteiger partial charge >= 0.3 is 0 Å². The number of benzene rings is 1. The van der Waals surface area contributed by atoms with Crippen LogP contribution in [0.25, 0.3) is 0 Å². The van der Waals surface area contributed by atoms with E-state index in [1.807, 2.05) is 12.1 Å². The Labute approximate surface area is 156 Å². The van der Waals surface area contributed by atoms with Gasteiger partial charge in [0.05, 0.1) is 12.7 Å². The van der Waals surface area contributed by atoms with Crippen LogP contribution in [-0.2, 0) is 14.3 Å². The fourth-order valence-electron chi connectivity index (χ4n) is 3.33. The van der Waals surface area contributed by atoms with Crippen LogP contribution < -0.4 is 10.2 Å². The lowest BCUT2D eigenvalue weighted by Crippen LogP contribution is -2.44. The third kappa shape index (κ3) is 5.43. The highest BCUT2D eigenvalue weighted by Crippen LogP contribution is 2.20. The SMILES string of the molecule is CC(OCC1CCCCO1)C(=O)Nc1ccc(N2CCN(C)CC2)cc1. The molecule has 6 heteroatoms. The lowest BCUT2D eigenvalue weighted by Gasteiger charge is -2.34. The highest BCUT2D eigenvalue weighted by Gasteiger charge is 2.19. The van der Waals surface area contributed by atoms with Gasteiger partial charge in [-0.15, -0.1) is 0 Å². The van der Waals surface area contributed by atoms with Crippen molar-refractivity contribution >= 4 is 17.3 Å². The van der Waals surface area contributed by atoms with E-state index in [9.17, 15) is 4.79 Å². The highest BCUT2D eigenvalue weighted by atomic mass is 16.5. The second-order valence-corrected chi connectivity index (χ2v) is 7.29. The molecule has 26 heavy (non-hydrogen) atoms. The van der Waals surface area contributed by atoms with Gasteiger partial charge in [0, 0.05) is 44.2 Å². The molecule has 1 N–H and O–H groups in total. The van der Waals surface area contributed by atoms with E-state index in [0.717, 1.165) is 51.3 Å². The van der Waals surface area contributed by atoms with E-state index in [2.05, 4.69) is 34.3 Å². The van der Waals surface area contributed by atoms with E-state index >= 15 is 0 Å². The van der Waals surface area contributed by atoms with E-state index in [4.69, 9.17) is 9.47 Å². The molecule has 3 rings (SSSR count). The minimum absolute atomic E-state index is 0.117. The molecule has 2 saturated heterocycles. The van der Waals surface area contributed by atoms with Crippen molar-refractivity contribution in [3.05, 3.63) is 24.3 Å². The zero-order valence-electron chi connectivity index (χ0n) is 15.9. The van der Waals surface area contributed by atoms with E-state index in [1.165, 1.54) is 12.1 Å². The van der Waals surface area contributed by atoms with Gasteiger partial charge in [-0.3, -0.25) is 4.79 Å². The molecule has 2 unspecified atom stereocenters. The Bertz CT molecular complexity index is 564. The molecule has 1 amide bonds. The molecule has 0 bridgehead atoms. The second-order valence-electron chi connectivity index (χ2n) is 7.29. The van der Waals surface area contributed by atoms with E-state index in [1.54, 1.807) is 6.92 Å². The average molecular weight is 361 g/mol. The van der Waals surface area contributed by atoms with Crippen LogP contribution in [0.1, 0.15) is 26.2 Å². The first-order chi connectivity index (χ1) is 12.6. The van der Waals surface area contributed by atoms with Gasteiger partial charge in [-0.05, 0) is 57.5 Å². The first-order valence-corrected chi connectivity index (χ1v) is 9.69. The maximum Gasteiger partial charge on any atom is 0.253 e. The maximum atomic E-state index is 12.3. The summed E-state index contributed by atoms with van der Waals surface area (Å²) >= 11 is 0. The number of hydrogen-bond donors (Lipinski definition) is 1. The summed E-state index contributed by atoms with van der Waals surface area (Å²) in [4.78, 5) is 17.0. The molecule has 2 aliphatic rings. The Kier molecular flexibility index (Phi) is 6.88. The van der Waals surface area contributed by atoms with Crippen molar-refractivity contribution in [2.75, 3.05) is 56.7 Å². The van der Waals surface area contributed by atoms with Crippen molar-refractivity contribution in [1.82, 2.24) is 4.90 Å². The number of nitrogens with zero attached hydrogens (tertiary/aromatic N) is 2. The van der Waals surface area contributed by atoms with Crippen LogP contribution in [0.2, 0.25) is 0 Å². The number of hydrogen-bond acceptors (Lipinski definition) is 5. The molecule has 0 aromatic heterocycles. The molecule has 2 fully saturated rings. The van der Waals surface area contributed by atoms with Crippen molar-refractivity contribution in [2.24, 2.45) is 0 Å². The van der Waals surface area contributed by atoms with Crippen LogP contribution >= 0.6 is 0 Å². The van der Waals surface area contributed by atoms with Crippen molar-refractivity contribution in [3.8, 4) is 0 Å². The largest absolute Gasteiger partial charge is 0.376 e. The topological polar surface area (TPSA) is 54.0 Å². The molecule has 144 valence electrons. The molecule has 1 aromatic carbocycles. The molecular weight excluding hydrogens is 330 g/mol. The number of rotatable bonds is 6. The fourth-order valence-corrected chi connectivity index (χ4v) is 3.33. The predicted octanol–water partition coefficient (Wildman–Crippen LogP) is 2.35. The number of carbonyl (C=O) groups is 1. The molecule has 0 aliphatic carbocycles. The predicted molar refractivity (Wildman–Crippen MR) is 104 cm³/mol. The monoisotopic (exact) mass is 361 g/mol. The van der Waals surface area contributed by atoms with Crippen molar-refractivity contribution in [1.29, 1.82) is 0 Å². The summed E-state index contributed by atoms with van der Waals surface area (Å²) in [6, 6.07) is 8.07. The van der Waals surface area contributed by atoms with Gasteiger partial charge < -0.3 is 24.6 Å². The number of amides is 1. The molecule has 2 heterocycles. The average Bonchev–Trinajstić information content (AvgIpc) is 2.68. The second kappa shape index (κ2) is 9.35. The summed E-state index contributed by atoms with van der Waals surface area (Å²) in [5.74, 6) is -0.117. The fraction of sp³-hybridized carbons (Fsp3) is 0.650. The van der Waals surface area contributed by atoms with E-state index in [-0.39, 0.29) is 12.0 Å². The lowest BCUT2D eigenvalue weighted by molar-refractivity contribution is -0.130. The molecule has 6 nitrogen and oxygen atoms in total. The van der Waals surface area contributed by atoms with Gasteiger partial charge in [-0.2, -0.15) is 0 Å². The third-order valence-electron chi connectivity index (χ3n) is 5.18. The van der Waals surface area contributed by atoms with Crippen LogP contribution in [0.15, 0.2) is 24.3 Å². The Morgan fingerprint density at radius 2 is 1.96 bits per heavy atom. The molecule has 2 atom stereocenters. The first kappa shape index (κ1) is 19.1. The number of nitrogens with one attached hydrogen (secondary N) is 1. The minimum atomic E-state index is -0.488. The number of carbonyl (C=O) groups excluding carboxylic acids is 1. The number of likely N-dealkylation sites (N-methyl/N-ethyl adjacent to an activating group) is 1. The van der Waals surface area contributed by atoms with Crippen LogP contribution in [0.4, 0.5) is 11.4 Å². The van der Waals surface area contributed by atoms with Crippen molar-refractivity contribution in [2.45, 2.75) is 38.4 Å². The smallest absolute Gasteiger partial charge is 0.253 e. The first-order valence-electron chi connectivity index (χ1n) is 9.69. The summed E-state index contributed by atoms with van der Waals surface area (Å²) < 4.78 is 11.3. The molecule has 2 aliphatic heterocycles. The van der Waals surface area contributed by atoms with Crippen molar-refractivity contribution < 1.29 is 14.3 Å². The van der Waals surface area contributed by atoms with E-state index < -0.39 is 6.10 Å². The number of anilines is 2. The quantitative estimate of drug-likeness (QED) is 0.843. The molecule has 0 saturated carbocycles. The van der Waals surface area contributed by atoms with Crippen LogP contribution in [0.5, 0.6) is 0 Å². The summed E-state index contributed by atoms with van der Waals surface area (Å²) in [6.45, 7) is 7.31. The number of ether oxygens (including phenoxy) is 2. The standard InChI is InChI=1S/C20H31N3O3/c1-16(26-15-19-5-3-4-14-25-19)20(24)21-17-6-8-18(9-7-17)23-12-10-22(2)11-13-23/h6-9,16,19H,3-5,10-15H2,1-2H3,(H,21,24). The van der Waals surface area contributed by atoms with Crippen molar-refractivity contribution in [3.63, 3.8) is 0 Å². The molecule has 0 spiro atoms. The van der Waals surface area contributed by atoms with Gasteiger partial charge in [-0.1, -0.05) is 0 Å². The molecule has 0 radical (unpaired) electrons. The zero-order valence-corrected chi connectivity index (χ0v) is 15.9. The van der Waals surface area contributed by atoms with Gasteiger partial charge in [0.2, 0.25) is 0 Å². The maximum absolute atomic E-state index is 12.3. The molecular formula is C20H31N3O3.